The first-order chi connectivity index (χ1) is 9.90. The quantitative estimate of drug-likeness (QED) is 0.911. The molecule has 0 bridgehead atoms. The van der Waals surface area contributed by atoms with Gasteiger partial charge in [0.2, 0.25) is 0 Å². The lowest BCUT2D eigenvalue weighted by molar-refractivity contribution is 0.0780. The molecule has 1 heterocycles. The fourth-order valence-corrected chi connectivity index (χ4v) is 2.34. The van der Waals surface area contributed by atoms with Gasteiger partial charge in [-0.15, -0.1) is 0 Å². The highest BCUT2D eigenvalue weighted by atomic mass is 35.5. The molecule has 0 atom stereocenters. The summed E-state index contributed by atoms with van der Waals surface area (Å²) in [5, 5.41) is 7.54. The molecule has 0 radical (unpaired) electrons. The van der Waals surface area contributed by atoms with Crippen molar-refractivity contribution in [2.24, 2.45) is 0 Å². The van der Waals surface area contributed by atoms with Gasteiger partial charge in [-0.3, -0.25) is 9.89 Å². The highest BCUT2D eigenvalue weighted by Crippen LogP contribution is 2.23. The van der Waals surface area contributed by atoms with Gasteiger partial charge in [0.15, 0.2) is 5.69 Å². The van der Waals surface area contributed by atoms with Crippen LogP contribution < -0.4 is 5.73 Å². The van der Waals surface area contributed by atoms with Crippen LogP contribution in [0.25, 0.3) is 0 Å². The van der Waals surface area contributed by atoms with Crippen molar-refractivity contribution in [3.8, 4) is 0 Å². The summed E-state index contributed by atoms with van der Waals surface area (Å²) in [4.78, 5) is 14.0. The number of amides is 1. The van der Waals surface area contributed by atoms with Crippen molar-refractivity contribution in [3.05, 3.63) is 46.2 Å². The van der Waals surface area contributed by atoms with E-state index in [1.165, 1.54) is 0 Å². The Balaban J connectivity index is 2.16. The summed E-state index contributed by atoms with van der Waals surface area (Å²) in [6, 6.07) is 7.41. The molecule has 2 rings (SSSR count). The van der Waals surface area contributed by atoms with E-state index in [0.29, 0.717) is 17.3 Å². The summed E-state index contributed by atoms with van der Waals surface area (Å²) in [6.07, 6.45) is 0. The summed E-state index contributed by atoms with van der Waals surface area (Å²) in [5.74, 6) is -0.0205. The number of carbonyl (C=O) groups is 1. The maximum absolute atomic E-state index is 12.4. The number of nitrogens with zero attached hydrogens (tertiary/aromatic N) is 2. The molecule has 0 fully saturated rings. The number of benzene rings is 1. The second-order valence-corrected chi connectivity index (χ2v) is 5.78. The van der Waals surface area contributed by atoms with Crippen molar-refractivity contribution in [3.63, 3.8) is 0 Å². The van der Waals surface area contributed by atoms with Gasteiger partial charge >= 0.3 is 0 Å². The Bertz CT molecular complexity index is 651. The van der Waals surface area contributed by atoms with E-state index in [-0.39, 0.29) is 17.5 Å². The van der Waals surface area contributed by atoms with E-state index in [0.717, 1.165) is 11.3 Å². The zero-order valence-corrected chi connectivity index (χ0v) is 13.1. The zero-order valence-electron chi connectivity index (χ0n) is 12.4. The van der Waals surface area contributed by atoms with Crippen LogP contribution in [-0.4, -0.2) is 28.1 Å². The molecule has 1 aromatic heterocycles. The van der Waals surface area contributed by atoms with Gasteiger partial charge in [-0.05, 0) is 23.6 Å². The number of aromatic nitrogens is 2. The fourth-order valence-electron chi connectivity index (χ4n) is 2.13. The van der Waals surface area contributed by atoms with Crippen molar-refractivity contribution in [2.75, 3.05) is 12.8 Å². The molecular weight excluding hydrogens is 288 g/mol. The molecule has 0 saturated carbocycles. The number of rotatable bonds is 4. The number of hydrogen-bond donors (Lipinski definition) is 2. The highest BCUT2D eigenvalue weighted by Gasteiger charge is 2.21. The summed E-state index contributed by atoms with van der Waals surface area (Å²) in [7, 11) is 1.71. The van der Waals surface area contributed by atoms with Gasteiger partial charge in [0, 0.05) is 18.6 Å². The number of hydrogen-bond acceptors (Lipinski definition) is 3. The normalized spacial score (nSPS) is 10.9. The summed E-state index contributed by atoms with van der Waals surface area (Å²) < 4.78 is 0. The Morgan fingerprint density at radius 2 is 2.19 bits per heavy atom. The number of anilines is 1. The van der Waals surface area contributed by atoms with Crippen LogP contribution in [0.1, 0.15) is 41.5 Å². The average Bonchev–Trinajstić information content (AvgIpc) is 2.79. The maximum Gasteiger partial charge on any atom is 0.276 e. The number of aromatic amines is 1. The lowest BCUT2D eigenvalue weighted by atomic mass is 10.1. The van der Waals surface area contributed by atoms with Gasteiger partial charge in [0.1, 0.15) is 0 Å². The van der Waals surface area contributed by atoms with E-state index in [1.807, 2.05) is 32.0 Å². The van der Waals surface area contributed by atoms with Crippen LogP contribution in [0.3, 0.4) is 0 Å². The number of halogens is 1. The smallest absolute Gasteiger partial charge is 0.276 e. The Morgan fingerprint density at radius 1 is 1.48 bits per heavy atom. The third-order valence-electron chi connectivity index (χ3n) is 3.27. The minimum Gasteiger partial charge on any atom is -0.395 e. The Hall–Kier alpha value is -2.01. The molecule has 0 aliphatic carbocycles. The predicted molar refractivity (Wildman–Crippen MR) is 84.3 cm³/mol. The molecule has 0 aliphatic rings. The van der Waals surface area contributed by atoms with E-state index < -0.39 is 0 Å². The molecule has 5 nitrogen and oxygen atoms in total. The Labute approximate surface area is 129 Å². The minimum absolute atomic E-state index is 0.192. The molecular formula is C15H19ClN4O. The maximum atomic E-state index is 12.4. The van der Waals surface area contributed by atoms with Crippen molar-refractivity contribution < 1.29 is 4.79 Å². The molecule has 21 heavy (non-hydrogen) atoms. The predicted octanol–water partition coefficient (Wildman–Crippen LogP) is 3.04. The second-order valence-electron chi connectivity index (χ2n) is 5.35. The molecule has 1 aromatic carbocycles. The molecule has 0 saturated heterocycles. The summed E-state index contributed by atoms with van der Waals surface area (Å²) in [5.41, 5.74) is 8.43. The number of nitrogens with one attached hydrogen (secondary N) is 1. The van der Waals surface area contributed by atoms with E-state index in [9.17, 15) is 4.79 Å². The molecule has 2 aromatic rings. The van der Waals surface area contributed by atoms with Crippen LogP contribution >= 0.6 is 11.6 Å². The van der Waals surface area contributed by atoms with Gasteiger partial charge in [-0.2, -0.15) is 5.10 Å². The largest absolute Gasteiger partial charge is 0.395 e. The molecule has 112 valence electrons. The first-order valence-corrected chi connectivity index (χ1v) is 7.11. The van der Waals surface area contributed by atoms with E-state index in [2.05, 4.69) is 10.2 Å². The number of nitrogens with two attached hydrogens (primary N) is 1. The van der Waals surface area contributed by atoms with Crippen LogP contribution in [-0.2, 0) is 6.54 Å². The zero-order chi connectivity index (χ0) is 15.6. The van der Waals surface area contributed by atoms with Gasteiger partial charge < -0.3 is 10.6 Å². The van der Waals surface area contributed by atoms with Crippen LogP contribution in [0, 0.1) is 0 Å². The summed E-state index contributed by atoms with van der Waals surface area (Å²) in [6.45, 7) is 4.43. The SMILES string of the molecule is CC(C)c1[nH]nc(C(=O)N(C)Cc2cccc(Cl)c2)c1N. The van der Waals surface area contributed by atoms with Gasteiger partial charge in [0.05, 0.1) is 11.4 Å². The Morgan fingerprint density at radius 3 is 2.76 bits per heavy atom. The fraction of sp³-hybridized carbons (Fsp3) is 0.333. The van der Waals surface area contributed by atoms with Crippen molar-refractivity contribution in [2.45, 2.75) is 26.3 Å². The third-order valence-corrected chi connectivity index (χ3v) is 3.50. The van der Waals surface area contributed by atoms with Crippen LogP contribution in [0.4, 0.5) is 5.69 Å². The minimum atomic E-state index is -0.212. The number of nitrogen functional groups attached to an aromatic ring is 1. The Kier molecular flexibility index (Phi) is 4.53. The average molecular weight is 307 g/mol. The molecule has 0 spiro atoms. The number of carbonyl (C=O) groups excluding carboxylic acids is 1. The standard InChI is InChI=1S/C15H19ClN4O/c1-9(2)13-12(17)14(19-18-13)15(21)20(3)8-10-5-4-6-11(16)7-10/h4-7,9H,8,17H2,1-3H3,(H,18,19). The molecule has 0 unspecified atom stereocenters. The first-order valence-electron chi connectivity index (χ1n) is 6.73. The molecule has 0 aliphatic heterocycles. The monoisotopic (exact) mass is 306 g/mol. The first kappa shape index (κ1) is 15.4. The van der Waals surface area contributed by atoms with Crippen LogP contribution in [0.5, 0.6) is 0 Å². The van der Waals surface area contributed by atoms with Crippen molar-refractivity contribution in [1.82, 2.24) is 15.1 Å². The van der Waals surface area contributed by atoms with Gasteiger partial charge in [0.25, 0.3) is 5.91 Å². The number of H-pyrrole nitrogens is 1. The van der Waals surface area contributed by atoms with E-state index >= 15 is 0 Å². The van der Waals surface area contributed by atoms with E-state index in [1.54, 1.807) is 18.0 Å². The third kappa shape index (κ3) is 3.36. The summed E-state index contributed by atoms with van der Waals surface area (Å²) >= 11 is 5.95. The topological polar surface area (TPSA) is 75.0 Å². The lowest BCUT2D eigenvalue weighted by Gasteiger charge is -2.16. The second kappa shape index (κ2) is 6.18. The lowest BCUT2D eigenvalue weighted by Crippen LogP contribution is -2.27. The van der Waals surface area contributed by atoms with Crippen LogP contribution in [0.15, 0.2) is 24.3 Å². The van der Waals surface area contributed by atoms with Crippen molar-refractivity contribution in [1.29, 1.82) is 0 Å². The van der Waals surface area contributed by atoms with Crippen LogP contribution in [0.2, 0.25) is 5.02 Å². The molecule has 1 amide bonds. The van der Waals surface area contributed by atoms with E-state index in [4.69, 9.17) is 17.3 Å². The molecule has 6 heteroatoms. The van der Waals surface area contributed by atoms with Crippen molar-refractivity contribution >= 4 is 23.2 Å². The van der Waals surface area contributed by atoms with Gasteiger partial charge in [-0.25, -0.2) is 0 Å². The molecule has 3 N–H and O–H groups in total. The highest BCUT2D eigenvalue weighted by molar-refractivity contribution is 6.30. The van der Waals surface area contributed by atoms with Gasteiger partial charge in [-0.1, -0.05) is 37.6 Å².